The van der Waals surface area contributed by atoms with Crippen LogP contribution < -0.4 is 0 Å². The molecule has 1 saturated carbocycles. The van der Waals surface area contributed by atoms with Crippen LogP contribution in [0, 0.1) is 5.92 Å². The van der Waals surface area contributed by atoms with Gasteiger partial charge in [0.15, 0.2) is 0 Å². The van der Waals surface area contributed by atoms with Crippen LogP contribution in [0.2, 0.25) is 0 Å². The molecule has 0 bridgehead atoms. The van der Waals surface area contributed by atoms with Gasteiger partial charge in [0.25, 0.3) is 0 Å². The number of hydrogen-bond donors (Lipinski definition) is 0. The summed E-state index contributed by atoms with van der Waals surface area (Å²) in [5.74, 6) is 1.73. The molecule has 1 heterocycles. The zero-order valence-electron chi connectivity index (χ0n) is 16.8. The van der Waals surface area contributed by atoms with E-state index in [0.717, 1.165) is 24.7 Å². The van der Waals surface area contributed by atoms with Gasteiger partial charge < -0.3 is 0 Å². The monoisotopic (exact) mass is 376 g/mol. The van der Waals surface area contributed by atoms with E-state index in [1.807, 2.05) is 11.3 Å². The van der Waals surface area contributed by atoms with Crippen molar-refractivity contribution in [2.24, 2.45) is 5.92 Å². The first-order valence-electron chi connectivity index (χ1n) is 10.8. The molecule has 3 aromatic rings. The van der Waals surface area contributed by atoms with Gasteiger partial charge in [0.1, 0.15) is 0 Å². The van der Waals surface area contributed by atoms with Crippen LogP contribution in [0.5, 0.6) is 0 Å². The van der Waals surface area contributed by atoms with Gasteiger partial charge in [0.2, 0.25) is 0 Å². The summed E-state index contributed by atoms with van der Waals surface area (Å²) >= 11 is 1.98. The second kappa shape index (κ2) is 8.61. The molecule has 0 radical (unpaired) electrons. The van der Waals surface area contributed by atoms with Crippen LogP contribution in [0.1, 0.15) is 73.4 Å². The fourth-order valence-corrected chi connectivity index (χ4v) is 5.72. The van der Waals surface area contributed by atoms with Crippen molar-refractivity contribution in [3.05, 3.63) is 70.1 Å². The summed E-state index contributed by atoms with van der Waals surface area (Å²) in [6, 6.07) is 19.0. The molecule has 0 saturated heterocycles. The minimum Gasteiger partial charge on any atom is -0.140 e. The van der Waals surface area contributed by atoms with Gasteiger partial charge in [-0.25, -0.2) is 0 Å². The molecule has 2 aromatic carbocycles. The number of fused-ring (bicyclic) bond motifs is 1. The maximum absolute atomic E-state index is 2.41. The highest BCUT2D eigenvalue weighted by atomic mass is 32.1. The van der Waals surface area contributed by atoms with Crippen molar-refractivity contribution in [2.75, 3.05) is 0 Å². The molecule has 0 aliphatic heterocycles. The Morgan fingerprint density at radius 3 is 2.26 bits per heavy atom. The summed E-state index contributed by atoms with van der Waals surface area (Å²) in [6.07, 6.45) is 10.3. The van der Waals surface area contributed by atoms with Gasteiger partial charge in [0, 0.05) is 9.58 Å². The number of thiophene rings is 1. The van der Waals surface area contributed by atoms with Crippen LogP contribution in [-0.2, 0) is 19.3 Å². The molecule has 0 spiro atoms. The SMILES string of the molecule is CCCc1cc2ccc(CCc3ccc(C4CCC(C)CC4)cc3)cc2s1. The van der Waals surface area contributed by atoms with Crippen molar-refractivity contribution >= 4 is 21.4 Å². The highest BCUT2D eigenvalue weighted by Crippen LogP contribution is 2.35. The summed E-state index contributed by atoms with van der Waals surface area (Å²) in [7, 11) is 0. The molecule has 0 unspecified atom stereocenters. The predicted molar refractivity (Wildman–Crippen MR) is 120 cm³/mol. The summed E-state index contributed by atoms with van der Waals surface area (Å²) in [4.78, 5) is 1.53. The molecule has 0 amide bonds. The molecule has 0 N–H and O–H groups in total. The quantitative estimate of drug-likeness (QED) is 0.409. The third-order valence-electron chi connectivity index (χ3n) is 6.30. The normalized spacial score (nSPS) is 20.2. The Morgan fingerprint density at radius 1 is 0.815 bits per heavy atom. The minimum absolute atomic E-state index is 0.800. The lowest BCUT2D eigenvalue weighted by molar-refractivity contribution is 0.348. The van der Waals surface area contributed by atoms with Crippen molar-refractivity contribution < 1.29 is 0 Å². The van der Waals surface area contributed by atoms with E-state index in [-0.39, 0.29) is 0 Å². The third kappa shape index (κ3) is 4.63. The fourth-order valence-electron chi connectivity index (χ4n) is 4.49. The molecule has 27 heavy (non-hydrogen) atoms. The van der Waals surface area contributed by atoms with E-state index in [1.165, 1.54) is 64.6 Å². The second-order valence-corrected chi connectivity index (χ2v) is 9.70. The molecule has 1 aliphatic rings. The molecule has 1 heteroatoms. The van der Waals surface area contributed by atoms with E-state index < -0.39 is 0 Å². The Hall–Kier alpha value is -1.60. The first-order valence-corrected chi connectivity index (χ1v) is 11.6. The zero-order valence-corrected chi connectivity index (χ0v) is 17.7. The highest BCUT2D eigenvalue weighted by Gasteiger charge is 2.19. The minimum atomic E-state index is 0.800. The van der Waals surface area contributed by atoms with Gasteiger partial charge in [-0.05, 0) is 78.1 Å². The summed E-state index contributed by atoms with van der Waals surface area (Å²) < 4.78 is 1.46. The van der Waals surface area contributed by atoms with Crippen molar-refractivity contribution in [3.8, 4) is 0 Å². The molecular weight excluding hydrogens is 344 g/mol. The second-order valence-electron chi connectivity index (χ2n) is 8.53. The van der Waals surface area contributed by atoms with Crippen LogP contribution >= 0.6 is 11.3 Å². The van der Waals surface area contributed by atoms with Crippen molar-refractivity contribution in [2.45, 2.75) is 71.1 Å². The maximum Gasteiger partial charge on any atom is 0.0348 e. The van der Waals surface area contributed by atoms with Crippen LogP contribution in [0.4, 0.5) is 0 Å². The third-order valence-corrected chi connectivity index (χ3v) is 7.46. The van der Waals surface area contributed by atoms with Gasteiger partial charge in [-0.2, -0.15) is 0 Å². The standard InChI is InChI=1S/C26H32S/c1-3-4-25-18-24-16-11-21(17-26(24)27-25)8-7-20-9-14-23(15-10-20)22-12-5-19(2)6-13-22/h9-11,14-19,22H,3-8,12-13H2,1-2H3. The zero-order chi connectivity index (χ0) is 18.6. The smallest absolute Gasteiger partial charge is 0.0348 e. The van der Waals surface area contributed by atoms with Gasteiger partial charge in [-0.3, -0.25) is 0 Å². The van der Waals surface area contributed by atoms with Gasteiger partial charge in [0.05, 0.1) is 0 Å². The first-order chi connectivity index (χ1) is 13.2. The average molecular weight is 377 g/mol. The average Bonchev–Trinajstić information content (AvgIpc) is 3.09. The van der Waals surface area contributed by atoms with Gasteiger partial charge in [-0.1, -0.05) is 69.5 Å². The van der Waals surface area contributed by atoms with E-state index in [9.17, 15) is 0 Å². The molecule has 1 aliphatic carbocycles. The number of hydrogen-bond acceptors (Lipinski definition) is 1. The Bertz CT molecular complexity index is 863. The fraction of sp³-hybridized carbons (Fsp3) is 0.462. The number of aryl methyl sites for hydroxylation is 3. The first kappa shape index (κ1) is 18.7. The topological polar surface area (TPSA) is 0 Å². The van der Waals surface area contributed by atoms with Gasteiger partial charge >= 0.3 is 0 Å². The van der Waals surface area contributed by atoms with Crippen LogP contribution in [0.15, 0.2) is 48.5 Å². The van der Waals surface area contributed by atoms with Crippen molar-refractivity contribution in [1.29, 1.82) is 0 Å². The summed E-state index contributed by atoms with van der Waals surface area (Å²) in [5.41, 5.74) is 4.51. The molecule has 1 fully saturated rings. The van der Waals surface area contributed by atoms with E-state index in [0.29, 0.717) is 0 Å². The largest absolute Gasteiger partial charge is 0.140 e. The lowest BCUT2D eigenvalue weighted by Crippen LogP contribution is -2.10. The maximum atomic E-state index is 2.41. The highest BCUT2D eigenvalue weighted by molar-refractivity contribution is 7.19. The lowest BCUT2D eigenvalue weighted by Gasteiger charge is -2.26. The van der Waals surface area contributed by atoms with Crippen molar-refractivity contribution in [3.63, 3.8) is 0 Å². The van der Waals surface area contributed by atoms with E-state index in [1.54, 1.807) is 5.56 Å². The van der Waals surface area contributed by atoms with Crippen LogP contribution in [0.3, 0.4) is 0 Å². The molecule has 142 valence electrons. The number of rotatable bonds is 6. The molecule has 0 nitrogen and oxygen atoms in total. The van der Waals surface area contributed by atoms with Crippen molar-refractivity contribution in [1.82, 2.24) is 0 Å². The summed E-state index contributed by atoms with van der Waals surface area (Å²) in [6.45, 7) is 4.66. The van der Waals surface area contributed by atoms with E-state index >= 15 is 0 Å². The molecule has 0 atom stereocenters. The molecule has 1 aromatic heterocycles. The lowest BCUT2D eigenvalue weighted by atomic mass is 9.79. The van der Waals surface area contributed by atoms with Gasteiger partial charge in [-0.15, -0.1) is 11.3 Å². The molecular formula is C26H32S. The summed E-state index contributed by atoms with van der Waals surface area (Å²) in [5, 5.41) is 1.42. The Kier molecular flexibility index (Phi) is 5.98. The Balaban J connectivity index is 1.37. The predicted octanol–water partition coefficient (Wildman–Crippen LogP) is 7.93. The number of benzene rings is 2. The Morgan fingerprint density at radius 2 is 1.52 bits per heavy atom. The van der Waals surface area contributed by atoms with Crippen LogP contribution in [0.25, 0.3) is 10.1 Å². The van der Waals surface area contributed by atoms with Crippen LogP contribution in [-0.4, -0.2) is 0 Å². The Labute approximate surface area is 168 Å². The van der Waals surface area contributed by atoms with E-state index in [4.69, 9.17) is 0 Å². The molecule has 4 rings (SSSR count). The van der Waals surface area contributed by atoms with E-state index in [2.05, 4.69) is 62.4 Å².